The van der Waals surface area contributed by atoms with Crippen LogP contribution < -0.4 is 14.4 Å². The number of anilines is 2. The number of carbonyl (C=O) groups is 1. The van der Waals surface area contributed by atoms with Crippen molar-refractivity contribution >= 4 is 27.3 Å². The third-order valence-corrected chi connectivity index (χ3v) is 7.03. The quantitative estimate of drug-likeness (QED) is 0.497. The Kier molecular flexibility index (Phi) is 7.38. The van der Waals surface area contributed by atoms with E-state index >= 15 is 0 Å². The van der Waals surface area contributed by atoms with Crippen molar-refractivity contribution < 1.29 is 22.3 Å². The number of hydrogen-bond donors (Lipinski definition) is 1. The van der Waals surface area contributed by atoms with Crippen LogP contribution in [0.2, 0.25) is 0 Å². The summed E-state index contributed by atoms with van der Waals surface area (Å²) in [4.78, 5) is 13.0. The normalized spacial score (nSPS) is 11.3. The van der Waals surface area contributed by atoms with Crippen LogP contribution in [0.5, 0.6) is 5.75 Å². The molecule has 174 valence electrons. The summed E-state index contributed by atoms with van der Waals surface area (Å²) in [6.45, 7) is 5.44. The van der Waals surface area contributed by atoms with Gasteiger partial charge in [0.2, 0.25) is 5.91 Å². The standard InChI is InChI=1S/C25H27FN2O4S/c1-17(2)23-7-5-6-18(3)25(23)27-24(29)16-28(20-10-8-19(26)9-11-20)33(30,31)22-14-12-21(32-4)13-15-22/h5-15,17H,16H2,1-4H3,(H,27,29). The number of rotatable bonds is 8. The SMILES string of the molecule is COc1ccc(S(=O)(=O)N(CC(=O)Nc2c(C)cccc2C(C)C)c2ccc(F)cc2)cc1. The Balaban J connectivity index is 1.97. The summed E-state index contributed by atoms with van der Waals surface area (Å²) in [6, 6.07) is 16.6. The van der Waals surface area contributed by atoms with Crippen molar-refractivity contribution in [2.24, 2.45) is 0 Å². The lowest BCUT2D eigenvalue weighted by Crippen LogP contribution is -2.38. The highest BCUT2D eigenvalue weighted by Gasteiger charge is 2.28. The van der Waals surface area contributed by atoms with Crippen molar-refractivity contribution in [3.63, 3.8) is 0 Å². The van der Waals surface area contributed by atoms with Crippen LogP contribution >= 0.6 is 0 Å². The number of benzene rings is 3. The Hall–Kier alpha value is -3.39. The molecule has 0 radical (unpaired) electrons. The molecular weight excluding hydrogens is 443 g/mol. The molecule has 0 saturated carbocycles. The first-order valence-electron chi connectivity index (χ1n) is 10.4. The van der Waals surface area contributed by atoms with Gasteiger partial charge < -0.3 is 10.1 Å². The van der Waals surface area contributed by atoms with Gasteiger partial charge in [-0.15, -0.1) is 0 Å². The van der Waals surface area contributed by atoms with E-state index in [1.54, 1.807) is 0 Å². The number of sulfonamides is 1. The van der Waals surface area contributed by atoms with Crippen LogP contribution in [0.15, 0.2) is 71.6 Å². The van der Waals surface area contributed by atoms with Crippen LogP contribution in [-0.4, -0.2) is 28.0 Å². The van der Waals surface area contributed by atoms with E-state index < -0.39 is 28.3 Å². The van der Waals surface area contributed by atoms with Gasteiger partial charge >= 0.3 is 0 Å². The van der Waals surface area contributed by atoms with E-state index in [0.29, 0.717) is 11.4 Å². The molecule has 0 saturated heterocycles. The van der Waals surface area contributed by atoms with Crippen molar-refractivity contribution in [1.29, 1.82) is 0 Å². The van der Waals surface area contributed by atoms with E-state index in [-0.39, 0.29) is 16.5 Å². The molecule has 8 heteroatoms. The fourth-order valence-electron chi connectivity index (χ4n) is 3.45. The van der Waals surface area contributed by atoms with Crippen LogP contribution in [-0.2, 0) is 14.8 Å². The van der Waals surface area contributed by atoms with Crippen molar-refractivity contribution in [2.75, 3.05) is 23.3 Å². The summed E-state index contributed by atoms with van der Waals surface area (Å²) < 4.78 is 46.5. The van der Waals surface area contributed by atoms with Crippen LogP contribution in [0, 0.1) is 12.7 Å². The van der Waals surface area contributed by atoms with Gasteiger partial charge in [0.25, 0.3) is 10.0 Å². The molecule has 1 N–H and O–H groups in total. The minimum Gasteiger partial charge on any atom is -0.497 e. The number of methoxy groups -OCH3 is 1. The van der Waals surface area contributed by atoms with Gasteiger partial charge in [0.1, 0.15) is 18.1 Å². The molecule has 3 aromatic rings. The smallest absolute Gasteiger partial charge is 0.264 e. The van der Waals surface area contributed by atoms with Gasteiger partial charge in [-0.2, -0.15) is 0 Å². The Bertz CT molecular complexity index is 1220. The average Bonchev–Trinajstić information content (AvgIpc) is 2.79. The molecule has 33 heavy (non-hydrogen) atoms. The number of aryl methyl sites for hydroxylation is 1. The maximum atomic E-state index is 13.5. The number of nitrogens with one attached hydrogen (secondary N) is 1. The first kappa shape index (κ1) is 24.3. The van der Waals surface area contributed by atoms with Crippen molar-refractivity contribution in [3.8, 4) is 5.75 Å². The Morgan fingerprint density at radius 1 is 1.03 bits per heavy atom. The lowest BCUT2D eigenvalue weighted by molar-refractivity contribution is -0.114. The molecule has 6 nitrogen and oxygen atoms in total. The summed E-state index contributed by atoms with van der Waals surface area (Å²) in [5.41, 5.74) is 2.67. The second-order valence-electron chi connectivity index (χ2n) is 7.91. The van der Waals surface area contributed by atoms with E-state index in [1.807, 2.05) is 39.0 Å². The molecule has 0 aromatic heterocycles. The Morgan fingerprint density at radius 2 is 1.67 bits per heavy atom. The molecule has 0 aliphatic rings. The zero-order valence-corrected chi connectivity index (χ0v) is 19.8. The second kappa shape index (κ2) is 10.0. The third kappa shape index (κ3) is 5.51. The zero-order valence-electron chi connectivity index (χ0n) is 19.0. The van der Waals surface area contributed by atoms with Gasteiger partial charge in [-0.05, 0) is 72.5 Å². The number of carbonyl (C=O) groups excluding carboxylic acids is 1. The van der Waals surface area contributed by atoms with E-state index in [1.165, 1.54) is 43.5 Å². The van der Waals surface area contributed by atoms with E-state index in [9.17, 15) is 17.6 Å². The molecule has 0 fully saturated rings. The van der Waals surface area contributed by atoms with Gasteiger partial charge in [0, 0.05) is 5.69 Å². The third-order valence-electron chi connectivity index (χ3n) is 5.24. The van der Waals surface area contributed by atoms with Gasteiger partial charge in [-0.1, -0.05) is 32.0 Å². The number of hydrogen-bond acceptors (Lipinski definition) is 4. The van der Waals surface area contributed by atoms with Gasteiger partial charge in [-0.25, -0.2) is 12.8 Å². The fourth-order valence-corrected chi connectivity index (χ4v) is 4.87. The number of amides is 1. The van der Waals surface area contributed by atoms with Gasteiger partial charge in [0.15, 0.2) is 0 Å². The second-order valence-corrected chi connectivity index (χ2v) is 9.77. The van der Waals surface area contributed by atoms with Crippen molar-refractivity contribution in [3.05, 3.63) is 83.7 Å². The maximum Gasteiger partial charge on any atom is 0.264 e. The summed E-state index contributed by atoms with van der Waals surface area (Å²) in [5, 5.41) is 2.87. The largest absolute Gasteiger partial charge is 0.497 e. The summed E-state index contributed by atoms with van der Waals surface area (Å²) in [7, 11) is -2.64. The average molecular weight is 471 g/mol. The predicted octanol–water partition coefficient (Wildman–Crippen LogP) is 5.10. The van der Waals surface area contributed by atoms with Gasteiger partial charge in [0.05, 0.1) is 17.7 Å². The highest BCUT2D eigenvalue weighted by molar-refractivity contribution is 7.92. The topological polar surface area (TPSA) is 75.7 Å². The Morgan fingerprint density at radius 3 is 2.24 bits per heavy atom. The molecule has 0 spiro atoms. The first-order valence-corrected chi connectivity index (χ1v) is 11.9. The molecule has 0 unspecified atom stereocenters. The number of ether oxygens (including phenoxy) is 1. The first-order chi connectivity index (χ1) is 15.6. The lowest BCUT2D eigenvalue weighted by atomic mass is 9.98. The highest BCUT2D eigenvalue weighted by atomic mass is 32.2. The molecule has 3 aromatic carbocycles. The molecule has 0 aliphatic heterocycles. The monoisotopic (exact) mass is 470 g/mol. The summed E-state index contributed by atoms with van der Waals surface area (Å²) in [6.07, 6.45) is 0. The number of nitrogens with zero attached hydrogens (tertiary/aromatic N) is 1. The summed E-state index contributed by atoms with van der Waals surface area (Å²) >= 11 is 0. The van der Waals surface area contributed by atoms with Crippen molar-refractivity contribution in [2.45, 2.75) is 31.6 Å². The fraction of sp³-hybridized carbons (Fsp3) is 0.240. The predicted molar refractivity (Wildman–Crippen MR) is 128 cm³/mol. The molecule has 0 aliphatic carbocycles. The van der Waals surface area contributed by atoms with E-state index in [0.717, 1.165) is 27.6 Å². The molecular formula is C25H27FN2O4S. The zero-order chi connectivity index (χ0) is 24.2. The van der Waals surface area contributed by atoms with Crippen LogP contribution in [0.3, 0.4) is 0 Å². The van der Waals surface area contributed by atoms with E-state index in [2.05, 4.69) is 5.32 Å². The summed E-state index contributed by atoms with van der Waals surface area (Å²) in [5.74, 6) is -0.351. The van der Waals surface area contributed by atoms with E-state index in [4.69, 9.17) is 4.74 Å². The minimum atomic E-state index is -4.12. The van der Waals surface area contributed by atoms with Crippen LogP contribution in [0.1, 0.15) is 30.9 Å². The lowest BCUT2D eigenvalue weighted by Gasteiger charge is -2.25. The van der Waals surface area contributed by atoms with Crippen molar-refractivity contribution in [1.82, 2.24) is 0 Å². The molecule has 0 bridgehead atoms. The highest BCUT2D eigenvalue weighted by Crippen LogP contribution is 2.29. The number of para-hydroxylation sites is 1. The number of halogens is 1. The van der Waals surface area contributed by atoms with Gasteiger partial charge in [-0.3, -0.25) is 9.10 Å². The van der Waals surface area contributed by atoms with Crippen LogP contribution in [0.4, 0.5) is 15.8 Å². The minimum absolute atomic E-state index is 0.0146. The molecule has 3 rings (SSSR count). The van der Waals surface area contributed by atoms with Crippen LogP contribution in [0.25, 0.3) is 0 Å². The Labute approximate surface area is 194 Å². The molecule has 1 amide bonds. The molecule has 0 heterocycles. The maximum absolute atomic E-state index is 13.5. The molecule has 0 atom stereocenters.